The summed E-state index contributed by atoms with van der Waals surface area (Å²) >= 11 is 0. The molecule has 0 rings (SSSR count). The van der Waals surface area contributed by atoms with Crippen LogP contribution in [-0.2, 0) is 23.2 Å². The maximum atomic E-state index is 9.75. The summed E-state index contributed by atoms with van der Waals surface area (Å²) in [6.07, 6.45) is 1.10. The minimum absolute atomic E-state index is 0. The van der Waals surface area contributed by atoms with Crippen LogP contribution in [0.3, 0.4) is 0 Å². The number of carbonyl (C=O) groups excluding carboxylic acids is 1. The molecule has 136 valence electrons. The third-order valence-corrected chi connectivity index (χ3v) is 0.249. The second-order valence-corrected chi connectivity index (χ2v) is 5.40. The Morgan fingerprint density at radius 2 is 0.955 bits per heavy atom. The van der Waals surface area contributed by atoms with Gasteiger partial charge in [0.05, 0.1) is 6.26 Å². The first-order chi connectivity index (χ1) is 8.77. The van der Waals surface area contributed by atoms with Crippen molar-refractivity contribution >= 4 is 46.8 Å². The van der Waals surface area contributed by atoms with Gasteiger partial charge in [0.25, 0.3) is 0 Å². The van der Waals surface area contributed by atoms with Crippen molar-refractivity contribution in [2.75, 3.05) is 0 Å². The van der Waals surface area contributed by atoms with Gasteiger partial charge >= 0.3 is 29.4 Å². The lowest BCUT2D eigenvalue weighted by molar-refractivity contribution is -0.135. The molecule has 0 aromatic heterocycles. The molecule has 14 nitrogen and oxygen atoms in total. The van der Waals surface area contributed by atoms with E-state index < -0.39 is 23.5 Å². The first-order valence-corrected chi connectivity index (χ1v) is 8.60. The Balaban J connectivity index is -0.0000000577. The lowest BCUT2D eigenvalue weighted by Gasteiger charge is -1.83. The van der Waals surface area contributed by atoms with Crippen LogP contribution in [0, 0.1) is 0 Å². The number of esters is 1. The number of hydrogen-bond donors (Lipinski definition) is 9. The Bertz CT molecular complexity index is 343. The average molecular weight is 410 g/mol. The van der Waals surface area contributed by atoms with Gasteiger partial charge in [-0.05, 0) is 0 Å². The first-order valence-electron chi connectivity index (χ1n) is 3.90. The van der Waals surface area contributed by atoms with Gasteiger partial charge in [0.15, 0.2) is 17.4 Å². The Morgan fingerprint density at radius 3 is 0.955 bits per heavy atom. The molecule has 0 saturated heterocycles. The van der Waals surface area contributed by atoms with Crippen molar-refractivity contribution in [3.8, 4) is 0 Å². The third-order valence-electron chi connectivity index (χ3n) is 0.249. The summed E-state index contributed by atoms with van der Waals surface area (Å²) in [5.41, 5.74) is 0. The van der Waals surface area contributed by atoms with Crippen LogP contribution in [0.1, 0.15) is 6.92 Å². The molecule has 0 aliphatic rings. The molecule has 0 aromatic carbocycles. The summed E-state index contributed by atoms with van der Waals surface area (Å²) < 4.78 is 30.8. The normalized spacial score (nSPS) is 9.91. The van der Waals surface area contributed by atoms with Crippen molar-refractivity contribution in [1.29, 1.82) is 0 Å². The Kier molecular flexibility index (Phi) is 24.4. The van der Waals surface area contributed by atoms with Crippen LogP contribution in [0.2, 0.25) is 0 Å². The Hall–Kier alpha value is 0.0725. The fourth-order valence-electron chi connectivity index (χ4n) is 0.117. The molecule has 0 atom stereocenters. The SMILES string of the molecule is C=COC(C)=O.O=P(O)(O)O.O=P(O)(O)O.O=P(O)(O)O.[AlH3]. The summed E-state index contributed by atoms with van der Waals surface area (Å²) in [4.78, 5) is 74.4. The van der Waals surface area contributed by atoms with E-state index >= 15 is 0 Å². The van der Waals surface area contributed by atoms with Crippen molar-refractivity contribution in [3.63, 3.8) is 0 Å². The van der Waals surface area contributed by atoms with Crippen molar-refractivity contribution in [2.24, 2.45) is 0 Å². The molecule has 9 N–H and O–H groups in total. The van der Waals surface area contributed by atoms with Gasteiger partial charge in [-0.25, -0.2) is 13.7 Å². The van der Waals surface area contributed by atoms with E-state index in [-0.39, 0.29) is 23.3 Å². The molecule has 18 heteroatoms. The highest BCUT2D eigenvalue weighted by Crippen LogP contribution is 2.26. The van der Waals surface area contributed by atoms with Gasteiger partial charge in [-0.3, -0.25) is 4.79 Å². The molecule has 0 aliphatic carbocycles. The molecule has 0 heterocycles. The number of carbonyl (C=O) groups is 1. The van der Waals surface area contributed by atoms with E-state index in [1.807, 2.05) is 0 Å². The Labute approximate surface area is 134 Å². The van der Waals surface area contributed by atoms with Crippen LogP contribution >= 0.6 is 23.5 Å². The smallest absolute Gasteiger partial charge is 0.435 e. The van der Waals surface area contributed by atoms with Gasteiger partial charge in [-0.2, -0.15) is 0 Å². The van der Waals surface area contributed by atoms with Gasteiger partial charge in [-0.1, -0.05) is 6.58 Å². The third kappa shape index (κ3) is 773. The average Bonchev–Trinajstić information content (AvgIpc) is 1.91. The number of hydrogen-bond acceptors (Lipinski definition) is 5. The van der Waals surface area contributed by atoms with Crippen LogP contribution in [0.5, 0.6) is 0 Å². The monoisotopic (exact) mass is 410 g/mol. The van der Waals surface area contributed by atoms with E-state index in [0.717, 1.165) is 6.26 Å². The van der Waals surface area contributed by atoms with Crippen molar-refractivity contribution in [3.05, 3.63) is 12.8 Å². The van der Waals surface area contributed by atoms with Gasteiger partial charge in [0.1, 0.15) is 0 Å². The highest BCUT2D eigenvalue weighted by atomic mass is 31.2. The van der Waals surface area contributed by atoms with Crippen LogP contribution in [0.25, 0.3) is 0 Å². The van der Waals surface area contributed by atoms with Gasteiger partial charge < -0.3 is 48.8 Å². The second kappa shape index (κ2) is 15.9. The molecule has 0 radical (unpaired) electrons. The predicted octanol–water partition coefficient (Wildman–Crippen LogP) is -3.28. The minimum atomic E-state index is -4.64. The van der Waals surface area contributed by atoms with Crippen molar-refractivity contribution < 1.29 is 67.3 Å². The molecule has 0 amide bonds. The molecule has 0 spiro atoms. The standard InChI is InChI=1S/C4H6O2.Al.3H3O4P.3H/c1-3-6-4(2)5;;3*1-5(2,3)4;;;/h3H,1H2,2H3;;3*(H3,1,2,3,4);;;. The molecular weight excluding hydrogens is 392 g/mol. The summed E-state index contributed by atoms with van der Waals surface area (Å²) in [5.74, 6) is -0.329. The van der Waals surface area contributed by atoms with Gasteiger partial charge in [0, 0.05) is 6.92 Å². The number of ether oxygens (including phenoxy) is 1. The summed E-state index contributed by atoms with van der Waals surface area (Å²) in [7, 11) is -13.9. The zero-order chi connectivity index (χ0) is 18.5. The van der Waals surface area contributed by atoms with E-state index in [2.05, 4.69) is 11.3 Å². The van der Waals surface area contributed by atoms with Crippen LogP contribution in [0.4, 0.5) is 0 Å². The highest BCUT2D eigenvalue weighted by Gasteiger charge is 2.01. The summed E-state index contributed by atoms with van der Waals surface area (Å²) in [5, 5.41) is 0. The zero-order valence-corrected chi connectivity index (χ0v) is 12.9. The van der Waals surface area contributed by atoms with E-state index in [9.17, 15) is 4.79 Å². The van der Waals surface area contributed by atoms with Crippen LogP contribution in [0.15, 0.2) is 12.8 Å². The second-order valence-electron chi connectivity index (χ2n) is 2.32. The lowest BCUT2D eigenvalue weighted by atomic mass is 10.8. The summed E-state index contributed by atoms with van der Waals surface area (Å²) in [6, 6.07) is 0. The molecular formula is C4H18AlO14P3. The van der Waals surface area contributed by atoms with E-state index in [1.54, 1.807) is 0 Å². The fraction of sp³-hybridized carbons (Fsp3) is 0.250. The molecule has 0 unspecified atom stereocenters. The van der Waals surface area contributed by atoms with E-state index in [0.29, 0.717) is 0 Å². The molecule has 0 bridgehead atoms. The molecule has 0 aliphatic heterocycles. The van der Waals surface area contributed by atoms with Crippen molar-refractivity contribution in [1.82, 2.24) is 0 Å². The highest BCUT2D eigenvalue weighted by molar-refractivity contribution is 7.45. The van der Waals surface area contributed by atoms with Gasteiger partial charge in [-0.15, -0.1) is 0 Å². The molecule has 22 heavy (non-hydrogen) atoms. The maximum Gasteiger partial charge on any atom is 0.466 e. The van der Waals surface area contributed by atoms with Crippen molar-refractivity contribution in [2.45, 2.75) is 6.92 Å². The van der Waals surface area contributed by atoms with E-state index in [4.69, 9.17) is 57.7 Å². The maximum absolute atomic E-state index is 9.75. The largest absolute Gasteiger partial charge is 0.466 e. The lowest BCUT2D eigenvalue weighted by Crippen LogP contribution is -1.87. The molecule has 0 aromatic rings. The van der Waals surface area contributed by atoms with E-state index in [1.165, 1.54) is 6.92 Å². The zero-order valence-electron chi connectivity index (χ0n) is 10.2. The predicted molar refractivity (Wildman–Crippen MR) is 74.7 cm³/mol. The Morgan fingerprint density at radius 1 is 0.818 bits per heavy atom. The first kappa shape index (κ1) is 33.6. The minimum Gasteiger partial charge on any atom is -0.435 e. The van der Waals surface area contributed by atoms with Gasteiger partial charge in [0.2, 0.25) is 0 Å². The molecule has 0 fully saturated rings. The quantitative estimate of drug-likeness (QED) is 0.0889. The number of phosphoric acid groups is 3. The fourth-order valence-corrected chi connectivity index (χ4v) is 0.117. The molecule has 0 saturated carbocycles. The van der Waals surface area contributed by atoms with Crippen LogP contribution < -0.4 is 0 Å². The van der Waals surface area contributed by atoms with Crippen LogP contribution in [-0.4, -0.2) is 67.4 Å². The topological polar surface area (TPSA) is 260 Å². The summed E-state index contributed by atoms with van der Waals surface area (Å²) in [6.45, 7) is 4.48. The number of rotatable bonds is 1.